The molecule has 8 atom stereocenters. The number of allylic oxidation sites excluding steroid dienone is 1. The van der Waals surface area contributed by atoms with Crippen molar-refractivity contribution in [2.45, 2.75) is 94.4 Å². The minimum absolute atomic E-state index is 0.136. The van der Waals surface area contributed by atoms with Crippen molar-refractivity contribution < 1.29 is 68.6 Å². The van der Waals surface area contributed by atoms with Crippen LogP contribution in [-0.2, 0) is 40.0 Å². The van der Waals surface area contributed by atoms with Gasteiger partial charge >= 0.3 is 5.97 Å². The molecule has 22 nitrogen and oxygen atoms in total. The second-order valence-electron chi connectivity index (χ2n) is 17.1. The van der Waals surface area contributed by atoms with Gasteiger partial charge in [-0.2, -0.15) is 0 Å². The number of benzene rings is 2. The molecule has 69 heavy (non-hydrogen) atoms. The van der Waals surface area contributed by atoms with Crippen molar-refractivity contribution in [3.8, 4) is 5.75 Å². The van der Waals surface area contributed by atoms with Gasteiger partial charge in [-0.05, 0) is 54.5 Å². The lowest BCUT2D eigenvalue weighted by atomic mass is 9.88. The number of methoxy groups -OCH3 is 1. The summed E-state index contributed by atoms with van der Waals surface area (Å²) in [5.74, 6) is -7.57. The molecule has 8 unspecified atom stereocenters. The fourth-order valence-electron chi connectivity index (χ4n) is 7.91. The summed E-state index contributed by atoms with van der Waals surface area (Å²) < 4.78 is 5.18. The number of aromatic amines is 1. The highest BCUT2D eigenvalue weighted by atomic mass is 16.5. The first-order chi connectivity index (χ1) is 32.8. The van der Waals surface area contributed by atoms with Crippen molar-refractivity contribution in [1.29, 1.82) is 0 Å². The number of aliphatic hydroxyl groups is 4. The number of β-amino-alcohol motifs (C(OH)–C–C–N with tert-alkyl or cyclic N) is 1. The summed E-state index contributed by atoms with van der Waals surface area (Å²) in [6.45, 7) is -0.264. The van der Waals surface area contributed by atoms with E-state index in [-0.39, 0.29) is 23.4 Å². The second-order valence-corrected chi connectivity index (χ2v) is 17.1. The highest BCUT2D eigenvalue weighted by Gasteiger charge is 2.41. The van der Waals surface area contributed by atoms with Crippen LogP contribution in [0.2, 0.25) is 0 Å². The molecule has 2 aromatic carbocycles. The van der Waals surface area contributed by atoms with Crippen LogP contribution in [0.4, 0.5) is 0 Å². The Hall–Kier alpha value is -7.14. The number of unbranched alkanes of at least 4 members (excludes halogenated alkanes) is 2. The minimum atomic E-state index is -2.27. The Balaban J connectivity index is 1.32. The van der Waals surface area contributed by atoms with Crippen LogP contribution in [0.15, 0.2) is 66.4 Å². The number of nitrogens with one attached hydrogen (secondary N) is 7. The van der Waals surface area contributed by atoms with Gasteiger partial charge in [0.1, 0.15) is 23.6 Å². The van der Waals surface area contributed by atoms with Gasteiger partial charge in [0.15, 0.2) is 6.10 Å². The van der Waals surface area contributed by atoms with Crippen molar-refractivity contribution in [3.63, 3.8) is 0 Å². The summed E-state index contributed by atoms with van der Waals surface area (Å²) >= 11 is 0. The lowest BCUT2D eigenvalue weighted by Crippen LogP contribution is -2.60. The molecule has 0 aliphatic carbocycles. The molecule has 3 heterocycles. The molecule has 1 fully saturated rings. The number of ether oxygens (including phenoxy) is 1. The van der Waals surface area contributed by atoms with E-state index in [0.29, 0.717) is 30.2 Å². The molecule has 1 saturated heterocycles. The molecule has 2 aliphatic heterocycles. The van der Waals surface area contributed by atoms with Crippen LogP contribution >= 0.6 is 0 Å². The number of nitrogens with zero attached hydrogens (tertiary/aromatic N) is 1. The maximum atomic E-state index is 13.7. The van der Waals surface area contributed by atoms with E-state index in [1.807, 2.05) is 36.4 Å². The molecule has 5 rings (SSSR count). The first kappa shape index (κ1) is 52.8. The molecule has 1 aromatic heterocycles. The van der Waals surface area contributed by atoms with Gasteiger partial charge in [-0.15, -0.1) is 0 Å². The molecule has 22 heteroatoms. The molecular formula is C47H60N8O14. The standard InChI is InChI=1S/C47H60N8O14/c1-25(10-6-4-5-7-11-26-14-16-28(69-3)17-15-26)42(62)43(63)41-44(64)46(66)53-32-20-36(58)50-33(32)21-39(61)55(2)24-38(60)51-34(19-30-29-12-8-9-13-31(29)52-40(30)47(67)68)45(65)49-23-37(59)48-22-27(56)18-35(57)54-41/h7-9,11-17,21,25,27,32,34,41-44,52,56,62-64H,4-6,10,18-20,22-24H2,1-3H3,(H,48,59)(H,49,65)(H,50,58)(H,51,60)(H,53,66)(H,54,57)(H,67,68). The molecule has 3 aromatic rings. The smallest absolute Gasteiger partial charge is 0.352 e. The zero-order valence-electron chi connectivity index (χ0n) is 38.4. The van der Waals surface area contributed by atoms with Crippen molar-refractivity contribution in [2.24, 2.45) is 5.92 Å². The van der Waals surface area contributed by atoms with Gasteiger partial charge in [0, 0.05) is 42.7 Å². The number of carboxylic acid groups (broad SMARTS) is 1. The predicted molar refractivity (Wildman–Crippen MR) is 248 cm³/mol. The highest BCUT2D eigenvalue weighted by molar-refractivity contribution is 5.99. The minimum Gasteiger partial charge on any atom is -0.497 e. The van der Waals surface area contributed by atoms with E-state index in [4.69, 9.17) is 4.74 Å². The van der Waals surface area contributed by atoms with Gasteiger partial charge in [-0.1, -0.05) is 55.8 Å². The van der Waals surface area contributed by atoms with Gasteiger partial charge in [0.25, 0.3) is 5.91 Å². The maximum Gasteiger partial charge on any atom is 0.352 e. The first-order valence-electron chi connectivity index (χ1n) is 22.4. The lowest BCUT2D eigenvalue weighted by molar-refractivity contribution is -0.139. The number of carbonyl (C=O) groups is 8. The normalized spacial score (nSPS) is 23.1. The number of hydrogen-bond donors (Lipinski definition) is 12. The van der Waals surface area contributed by atoms with E-state index in [9.17, 15) is 63.9 Å². The van der Waals surface area contributed by atoms with Crippen molar-refractivity contribution in [2.75, 3.05) is 33.8 Å². The van der Waals surface area contributed by atoms with Crippen LogP contribution in [-0.4, -0.2) is 159 Å². The number of aromatic carboxylic acids is 1. The number of rotatable bonds is 13. The van der Waals surface area contributed by atoms with E-state index in [1.165, 1.54) is 7.05 Å². The number of hydrogen-bond acceptors (Lipinski definition) is 13. The first-order valence-corrected chi connectivity index (χ1v) is 22.4. The summed E-state index contributed by atoms with van der Waals surface area (Å²) in [5.41, 5.74) is 1.19. The van der Waals surface area contributed by atoms with Crippen LogP contribution in [0.3, 0.4) is 0 Å². The number of carbonyl (C=O) groups excluding carboxylic acids is 7. The van der Waals surface area contributed by atoms with Gasteiger partial charge in [0.05, 0.1) is 57.3 Å². The lowest BCUT2D eigenvalue weighted by Gasteiger charge is -2.33. The molecular weight excluding hydrogens is 901 g/mol. The summed E-state index contributed by atoms with van der Waals surface area (Å²) in [7, 11) is 2.81. The number of H-pyrrole nitrogens is 1. The molecule has 0 radical (unpaired) electrons. The average Bonchev–Trinajstić information content (AvgIpc) is 3.87. The van der Waals surface area contributed by atoms with Gasteiger partial charge in [-0.25, -0.2) is 4.79 Å². The Labute approximate surface area is 396 Å². The number of likely N-dealkylation sites (N-methyl/N-ethyl adjacent to an activating group) is 1. The highest BCUT2D eigenvalue weighted by Crippen LogP contribution is 2.25. The van der Waals surface area contributed by atoms with E-state index in [2.05, 4.69) is 36.9 Å². The van der Waals surface area contributed by atoms with Crippen molar-refractivity contribution >= 4 is 64.3 Å². The number of aliphatic hydroxyl groups excluding tert-OH is 4. The molecule has 12 N–H and O–H groups in total. The molecule has 372 valence electrons. The van der Waals surface area contributed by atoms with E-state index in [0.717, 1.165) is 28.7 Å². The van der Waals surface area contributed by atoms with E-state index < -0.39 is 128 Å². The SMILES string of the molecule is COc1ccc(C=CCCCCC(C)C(O)C(O)C2NC(=O)CC(O)CNC(=O)CNC(=O)C(Cc3c(C(=O)O)[nH]c4ccccc34)NC(=O)CN(C)C(=O)C=C3NC(=O)CC3NC(=O)C2O)cc1. The number of fused-ring (bicyclic) bond motifs is 2. The number of para-hydroxylation sites is 1. The Morgan fingerprint density at radius 1 is 0.870 bits per heavy atom. The molecule has 2 aliphatic rings. The average molecular weight is 961 g/mol. The van der Waals surface area contributed by atoms with Crippen LogP contribution in [0.25, 0.3) is 17.0 Å². The van der Waals surface area contributed by atoms with E-state index >= 15 is 0 Å². The largest absolute Gasteiger partial charge is 0.497 e. The molecule has 0 spiro atoms. The van der Waals surface area contributed by atoms with Crippen LogP contribution < -0.4 is 36.6 Å². The zero-order valence-corrected chi connectivity index (χ0v) is 38.4. The summed E-state index contributed by atoms with van der Waals surface area (Å²) in [5, 5.41) is 69.6. The third-order valence-electron chi connectivity index (χ3n) is 11.8. The van der Waals surface area contributed by atoms with Crippen LogP contribution in [0.1, 0.15) is 67.1 Å². The maximum absolute atomic E-state index is 13.7. The topological polar surface area (TPSA) is 338 Å². The Morgan fingerprint density at radius 2 is 1.59 bits per heavy atom. The second kappa shape index (κ2) is 24.8. The Morgan fingerprint density at radius 3 is 2.30 bits per heavy atom. The summed E-state index contributed by atoms with van der Waals surface area (Å²) in [4.78, 5) is 109. The van der Waals surface area contributed by atoms with E-state index in [1.54, 1.807) is 38.3 Å². The molecule has 0 saturated carbocycles. The summed E-state index contributed by atoms with van der Waals surface area (Å²) in [6.07, 6.45) is -1.58. The van der Waals surface area contributed by atoms with Gasteiger partial charge in [0.2, 0.25) is 35.4 Å². The van der Waals surface area contributed by atoms with Gasteiger partial charge < -0.3 is 72.1 Å². The quantitative estimate of drug-likeness (QED) is 0.0889. The molecule has 7 amide bonds. The fraction of sp³-hybridized carbons (Fsp3) is 0.447. The Kier molecular flexibility index (Phi) is 19.0. The predicted octanol–water partition coefficient (Wildman–Crippen LogP) is -1.28. The third kappa shape index (κ3) is 14.9. The monoisotopic (exact) mass is 960 g/mol. The van der Waals surface area contributed by atoms with Crippen molar-refractivity contribution in [1.82, 2.24) is 41.8 Å². The van der Waals surface area contributed by atoms with Gasteiger partial charge in [-0.3, -0.25) is 33.6 Å². The zero-order chi connectivity index (χ0) is 50.4. The third-order valence-corrected chi connectivity index (χ3v) is 11.8. The number of carboxylic acids is 1. The number of aromatic nitrogens is 1. The fourth-order valence-corrected chi connectivity index (χ4v) is 7.91. The summed E-state index contributed by atoms with van der Waals surface area (Å²) in [6, 6.07) is 9.44. The van der Waals surface area contributed by atoms with Crippen molar-refractivity contribution in [3.05, 3.63) is 83.2 Å². The molecule has 0 bridgehead atoms. The number of amides is 7. The Bertz CT molecular complexity index is 2420. The van der Waals surface area contributed by atoms with Crippen LogP contribution in [0.5, 0.6) is 5.75 Å². The van der Waals surface area contributed by atoms with Crippen LogP contribution in [0, 0.1) is 5.92 Å².